The van der Waals surface area contributed by atoms with Gasteiger partial charge in [-0.05, 0) is 60.5 Å². The van der Waals surface area contributed by atoms with Crippen LogP contribution in [0.5, 0.6) is 0 Å². The Bertz CT molecular complexity index is 1690. The molecule has 0 fully saturated rings. The number of benzene rings is 4. The summed E-state index contributed by atoms with van der Waals surface area (Å²) in [5.41, 5.74) is 4.08. The number of hydrogen-bond donors (Lipinski definition) is 1. The molecular weight excluding hydrogens is 448 g/mol. The van der Waals surface area contributed by atoms with Crippen LogP contribution in [0.4, 0.5) is 11.4 Å². The smallest absolute Gasteiger partial charge is 0.264 e. The van der Waals surface area contributed by atoms with Gasteiger partial charge in [0, 0.05) is 28.6 Å². The molecule has 168 valence electrons. The lowest BCUT2D eigenvalue weighted by Crippen LogP contribution is -2.29. The first kappa shape index (κ1) is 20.5. The van der Waals surface area contributed by atoms with Gasteiger partial charge in [0.25, 0.3) is 15.9 Å². The molecule has 0 saturated carbocycles. The van der Waals surface area contributed by atoms with Gasteiger partial charge in [-0.3, -0.25) is 9.10 Å². The van der Waals surface area contributed by atoms with Gasteiger partial charge >= 0.3 is 0 Å². The third-order valence-electron chi connectivity index (χ3n) is 6.16. The second-order valence-corrected chi connectivity index (χ2v) is 10.1. The maximum Gasteiger partial charge on any atom is 0.264 e. The first-order valence-corrected chi connectivity index (χ1v) is 12.4. The molecule has 1 N–H and O–H groups in total. The Morgan fingerprint density at radius 1 is 0.824 bits per heavy atom. The quantitative estimate of drug-likeness (QED) is 0.373. The fourth-order valence-electron chi connectivity index (χ4n) is 4.49. The van der Waals surface area contributed by atoms with E-state index in [1.165, 1.54) is 16.4 Å². The highest BCUT2D eigenvalue weighted by Crippen LogP contribution is 2.33. The number of para-hydroxylation sites is 2. The van der Waals surface area contributed by atoms with Crippen molar-refractivity contribution in [2.75, 3.05) is 16.2 Å². The minimum absolute atomic E-state index is 0.0909. The molecule has 0 saturated heterocycles. The fourth-order valence-corrected chi connectivity index (χ4v) is 6.04. The van der Waals surface area contributed by atoms with Crippen molar-refractivity contribution in [1.82, 2.24) is 0 Å². The first-order valence-electron chi connectivity index (χ1n) is 10.9. The Hall–Kier alpha value is -4.10. The van der Waals surface area contributed by atoms with Crippen LogP contribution in [0.3, 0.4) is 0 Å². The Morgan fingerprint density at radius 2 is 1.62 bits per heavy atom. The average Bonchev–Trinajstić information content (AvgIpc) is 3.46. The molecule has 0 atom stereocenters. The predicted molar refractivity (Wildman–Crippen MR) is 133 cm³/mol. The summed E-state index contributed by atoms with van der Waals surface area (Å²) >= 11 is 0. The number of amides is 1. The zero-order valence-corrected chi connectivity index (χ0v) is 18.9. The molecule has 6 rings (SSSR count). The Kier molecular flexibility index (Phi) is 4.67. The number of sulfonamides is 1. The number of anilines is 2. The second kappa shape index (κ2) is 7.74. The Morgan fingerprint density at radius 3 is 2.53 bits per heavy atom. The van der Waals surface area contributed by atoms with Crippen molar-refractivity contribution in [3.63, 3.8) is 0 Å². The van der Waals surface area contributed by atoms with E-state index in [1.807, 2.05) is 60.7 Å². The molecule has 4 aromatic carbocycles. The largest absolute Gasteiger partial charge is 0.456 e. The average molecular weight is 469 g/mol. The Balaban J connectivity index is 1.30. The lowest BCUT2D eigenvalue weighted by Gasteiger charge is -2.20. The molecule has 1 amide bonds. The highest BCUT2D eigenvalue weighted by atomic mass is 32.2. The number of carbonyl (C=O) groups excluding carboxylic acids is 1. The van der Waals surface area contributed by atoms with Crippen molar-refractivity contribution in [3.05, 3.63) is 102 Å². The molecule has 7 heteroatoms. The standard InChI is InChI=1S/C27H20N2O4S/c30-27(28-20-12-13-26-23(17-20)22-9-2-4-11-25(22)33-26)19-7-5-8-21(16-19)34(31,32)29-15-14-18-6-1-3-10-24(18)29/h1-13,16-17H,14-15H2,(H,28,30). The summed E-state index contributed by atoms with van der Waals surface area (Å²) in [6, 6.07) is 26.8. The van der Waals surface area contributed by atoms with Crippen LogP contribution in [0, 0.1) is 0 Å². The van der Waals surface area contributed by atoms with E-state index in [2.05, 4.69) is 5.32 Å². The van der Waals surface area contributed by atoms with Gasteiger partial charge in [-0.1, -0.05) is 42.5 Å². The second-order valence-electron chi connectivity index (χ2n) is 8.25. The molecule has 0 spiro atoms. The van der Waals surface area contributed by atoms with Crippen LogP contribution < -0.4 is 9.62 Å². The number of furan rings is 1. The van der Waals surface area contributed by atoms with Crippen LogP contribution in [-0.4, -0.2) is 20.9 Å². The lowest BCUT2D eigenvalue weighted by atomic mass is 10.1. The van der Waals surface area contributed by atoms with Crippen LogP contribution in [0.15, 0.2) is 100 Å². The fraction of sp³-hybridized carbons (Fsp3) is 0.0741. The van der Waals surface area contributed by atoms with Crippen molar-refractivity contribution >= 4 is 49.2 Å². The van der Waals surface area contributed by atoms with Crippen molar-refractivity contribution < 1.29 is 17.6 Å². The lowest BCUT2D eigenvalue weighted by molar-refractivity contribution is 0.102. The number of rotatable bonds is 4. The van der Waals surface area contributed by atoms with E-state index < -0.39 is 10.0 Å². The van der Waals surface area contributed by atoms with Crippen LogP contribution in [-0.2, 0) is 16.4 Å². The minimum atomic E-state index is -3.79. The van der Waals surface area contributed by atoms with Crippen molar-refractivity contribution in [2.45, 2.75) is 11.3 Å². The number of carbonyl (C=O) groups is 1. The number of hydrogen-bond acceptors (Lipinski definition) is 4. The zero-order chi connectivity index (χ0) is 23.3. The summed E-state index contributed by atoms with van der Waals surface area (Å²) in [5, 5.41) is 4.75. The molecule has 34 heavy (non-hydrogen) atoms. The SMILES string of the molecule is O=C(Nc1ccc2oc3ccccc3c2c1)c1cccc(S(=O)(=O)N2CCc3ccccc32)c1. The summed E-state index contributed by atoms with van der Waals surface area (Å²) < 4.78 is 34.0. The first-order chi connectivity index (χ1) is 16.5. The van der Waals surface area contributed by atoms with E-state index in [4.69, 9.17) is 4.42 Å². The maximum absolute atomic E-state index is 13.4. The maximum atomic E-state index is 13.4. The van der Waals surface area contributed by atoms with Gasteiger partial charge in [-0.2, -0.15) is 0 Å². The highest BCUT2D eigenvalue weighted by molar-refractivity contribution is 7.92. The topological polar surface area (TPSA) is 79.6 Å². The third-order valence-corrected chi connectivity index (χ3v) is 7.97. The molecule has 0 radical (unpaired) electrons. The van der Waals surface area contributed by atoms with Gasteiger partial charge in [0.05, 0.1) is 10.6 Å². The highest BCUT2D eigenvalue weighted by Gasteiger charge is 2.31. The molecule has 0 bridgehead atoms. The van der Waals surface area contributed by atoms with Gasteiger partial charge in [0.1, 0.15) is 11.2 Å². The van der Waals surface area contributed by atoms with E-state index in [-0.39, 0.29) is 16.4 Å². The molecule has 6 nitrogen and oxygen atoms in total. The van der Waals surface area contributed by atoms with E-state index in [0.29, 0.717) is 24.3 Å². The van der Waals surface area contributed by atoms with Gasteiger partial charge in [-0.15, -0.1) is 0 Å². The monoisotopic (exact) mass is 468 g/mol. The summed E-state index contributed by atoms with van der Waals surface area (Å²) in [6.07, 6.45) is 0.667. The van der Waals surface area contributed by atoms with Crippen LogP contribution in [0.25, 0.3) is 21.9 Å². The summed E-state index contributed by atoms with van der Waals surface area (Å²) in [6.45, 7) is 0.386. The van der Waals surface area contributed by atoms with Gasteiger partial charge in [0.2, 0.25) is 0 Å². The van der Waals surface area contributed by atoms with E-state index in [0.717, 1.165) is 27.5 Å². The van der Waals surface area contributed by atoms with Crippen molar-refractivity contribution in [1.29, 1.82) is 0 Å². The molecular formula is C27H20N2O4S. The van der Waals surface area contributed by atoms with E-state index in [1.54, 1.807) is 18.2 Å². The van der Waals surface area contributed by atoms with Crippen molar-refractivity contribution in [3.8, 4) is 0 Å². The van der Waals surface area contributed by atoms with Crippen LogP contribution >= 0.6 is 0 Å². The molecule has 0 aliphatic carbocycles. The number of fused-ring (bicyclic) bond motifs is 4. The number of nitrogens with one attached hydrogen (secondary N) is 1. The minimum Gasteiger partial charge on any atom is -0.456 e. The molecule has 2 heterocycles. The van der Waals surface area contributed by atoms with Gasteiger partial charge in [-0.25, -0.2) is 8.42 Å². The number of nitrogens with zero attached hydrogens (tertiary/aromatic N) is 1. The molecule has 1 aromatic heterocycles. The van der Waals surface area contributed by atoms with Gasteiger partial charge < -0.3 is 9.73 Å². The molecule has 0 unspecified atom stereocenters. The molecule has 5 aromatic rings. The molecule has 1 aliphatic heterocycles. The summed E-state index contributed by atoms with van der Waals surface area (Å²) in [7, 11) is -3.79. The predicted octanol–water partition coefficient (Wildman–Crippen LogP) is 5.59. The van der Waals surface area contributed by atoms with E-state index in [9.17, 15) is 13.2 Å². The van der Waals surface area contributed by atoms with E-state index >= 15 is 0 Å². The normalized spacial score (nSPS) is 13.4. The zero-order valence-electron chi connectivity index (χ0n) is 18.1. The summed E-state index contributed by atoms with van der Waals surface area (Å²) in [5.74, 6) is -0.383. The summed E-state index contributed by atoms with van der Waals surface area (Å²) in [4.78, 5) is 13.1. The van der Waals surface area contributed by atoms with Crippen LogP contribution in [0.2, 0.25) is 0 Å². The van der Waals surface area contributed by atoms with Gasteiger partial charge in [0.15, 0.2) is 0 Å². The Labute approximate surface area is 196 Å². The third kappa shape index (κ3) is 3.33. The molecule has 1 aliphatic rings. The van der Waals surface area contributed by atoms with Crippen LogP contribution in [0.1, 0.15) is 15.9 Å². The van der Waals surface area contributed by atoms with Crippen molar-refractivity contribution in [2.24, 2.45) is 0 Å².